The molecule has 0 aliphatic heterocycles. The summed E-state index contributed by atoms with van der Waals surface area (Å²) in [6.45, 7) is 0.911. The molecule has 16 heavy (non-hydrogen) atoms. The average Bonchev–Trinajstić information content (AvgIpc) is 2.69. The van der Waals surface area contributed by atoms with Gasteiger partial charge in [-0.05, 0) is 32.1 Å². The van der Waals surface area contributed by atoms with Crippen LogP contribution in [0.1, 0.15) is 4.88 Å². The zero-order valence-corrected chi connectivity index (χ0v) is 10.5. The summed E-state index contributed by atoms with van der Waals surface area (Å²) in [5.74, 6) is 0. The van der Waals surface area contributed by atoms with E-state index in [0.29, 0.717) is 5.15 Å². The molecule has 2 aromatic heterocycles. The van der Waals surface area contributed by atoms with Crippen LogP contribution in [0.4, 0.5) is 0 Å². The molecule has 0 saturated carbocycles. The molecule has 0 radical (unpaired) electrons. The van der Waals surface area contributed by atoms with E-state index in [9.17, 15) is 0 Å². The van der Waals surface area contributed by atoms with Crippen molar-refractivity contribution in [3.63, 3.8) is 0 Å². The van der Waals surface area contributed by atoms with Gasteiger partial charge >= 0.3 is 0 Å². The van der Waals surface area contributed by atoms with Crippen LogP contribution < -0.4 is 5.32 Å². The Kier molecular flexibility index (Phi) is 3.88. The summed E-state index contributed by atoms with van der Waals surface area (Å²) in [6.07, 6.45) is 4.46. The minimum Gasteiger partial charge on any atom is -0.319 e. The molecule has 0 aromatic carbocycles. The number of likely N-dealkylation sites (N-methyl/N-ethyl adjacent to an activating group) is 1. The van der Waals surface area contributed by atoms with Crippen LogP contribution in [0.25, 0.3) is 10.6 Å². The molecule has 2 rings (SSSR count). The number of pyridine rings is 1. The highest BCUT2D eigenvalue weighted by Crippen LogP contribution is 2.30. The Morgan fingerprint density at radius 2 is 2.38 bits per heavy atom. The number of thiazole rings is 1. The fourth-order valence-electron chi connectivity index (χ4n) is 1.34. The second-order valence-corrected chi connectivity index (χ2v) is 4.77. The van der Waals surface area contributed by atoms with Crippen LogP contribution in [-0.4, -0.2) is 23.6 Å². The van der Waals surface area contributed by atoms with Gasteiger partial charge in [-0.2, -0.15) is 0 Å². The van der Waals surface area contributed by atoms with E-state index in [1.165, 1.54) is 0 Å². The van der Waals surface area contributed by atoms with Gasteiger partial charge in [0.25, 0.3) is 0 Å². The first kappa shape index (κ1) is 11.5. The minimum absolute atomic E-state index is 0.610. The molecule has 2 heterocycles. The fraction of sp³-hybridized carbons (Fsp3) is 0.273. The molecule has 2 aromatic rings. The minimum atomic E-state index is 0.610. The predicted molar refractivity (Wildman–Crippen MR) is 68.0 cm³/mol. The van der Waals surface area contributed by atoms with Crippen LogP contribution >= 0.6 is 22.9 Å². The molecular weight excluding hydrogens is 242 g/mol. The first-order chi connectivity index (χ1) is 7.81. The van der Waals surface area contributed by atoms with Crippen LogP contribution in [-0.2, 0) is 6.42 Å². The van der Waals surface area contributed by atoms with Gasteiger partial charge in [-0.15, -0.1) is 11.3 Å². The third-order valence-corrected chi connectivity index (χ3v) is 3.75. The van der Waals surface area contributed by atoms with Crippen molar-refractivity contribution in [1.82, 2.24) is 15.3 Å². The number of aromatic nitrogens is 2. The third-order valence-electron chi connectivity index (χ3n) is 2.16. The molecule has 3 nitrogen and oxygen atoms in total. The molecule has 0 atom stereocenters. The highest BCUT2D eigenvalue weighted by atomic mass is 35.5. The van der Waals surface area contributed by atoms with Gasteiger partial charge in [-0.1, -0.05) is 11.6 Å². The van der Waals surface area contributed by atoms with Crippen molar-refractivity contribution < 1.29 is 0 Å². The van der Waals surface area contributed by atoms with Crippen LogP contribution in [0.2, 0.25) is 5.15 Å². The summed E-state index contributed by atoms with van der Waals surface area (Å²) in [5.41, 5.74) is 1.02. The molecule has 1 N–H and O–H groups in total. The summed E-state index contributed by atoms with van der Waals surface area (Å²) in [6, 6.07) is 3.89. The first-order valence-corrected chi connectivity index (χ1v) is 6.21. The summed E-state index contributed by atoms with van der Waals surface area (Å²) >= 11 is 7.71. The van der Waals surface area contributed by atoms with Crippen molar-refractivity contribution in [3.05, 3.63) is 34.6 Å². The molecule has 84 valence electrons. The van der Waals surface area contributed by atoms with Gasteiger partial charge in [0.15, 0.2) is 0 Å². The maximum atomic E-state index is 6.08. The monoisotopic (exact) mass is 253 g/mol. The third kappa shape index (κ3) is 2.58. The zero-order chi connectivity index (χ0) is 11.4. The Balaban J connectivity index is 2.24. The Bertz CT molecular complexity index is 456. The topological polar surface area (TPSA) is 37.8 Å². The predicted octanol–water partition coefficient (Wildman–Crippen LogP) is 2.62. The second-order valence-electron chi connectivity index (χ2n) is 3.33. The average molecular weight is 254 g/mol. The largest absolute Gasteiger partial charge is 0.319 e. The Morgan fingerprint density at radius 3 is 3.06 bits per heavy atom. The van der Waals surface area contributed by atoms with E-state index in [1.54, 1.807) is 23.7 Å². The molecule has 0 bridgehead atoms. The van der Waals surface area contributed by atoms with Crippen LogP contribution in [0.15, 0.2) is 24.5 Å². The second kappa shape index (κ2) is 5.39. The van der Waals surface area contributed by atoms with Gasteiger partial charge in [-0.25, -0.2) is 4.98 Å². The molecular formula is C11H12ClN3S. The number of hydrogen-bond acceptors (Lipinski definition) is 4. The Morgan fingerprint density at radius 1 is 1.50 bits per heavy atom. The van der Waals surface area contributed by atoms with Crippen molar-refractivity contribution in [2.24, 2.45) is 0 Å². The van der Waals surface area contributed by atoms with Crippen LogP contribution in [0.5, 0.6) is 0 Å². The normalized spacial score (nSPS) is 10.6. The number of hydrogen-bond donors (Lipinski definition) is 1. The zero-order valence-electron chi connectivity index (χ0n) is 8.90. The van der Waals surface area contributed by atoms with Crippen LogP contribution in [0, 0.1) is 0 Å². The van der Waals surface area contributed by atoms with Crippen molar-refractivity contribution in [1.29, 1.82) is 0 Å². The maximum Gasteiger partial charge on any atom is 0.143 e. The fourth-order valence-corrected chi connectivity index (χ4v) is 2.63. The van der Waals surface area contributed by atoms with E-state index >= 15 is 0 Å². The van der Waals surface area contributed by atoms with Crippen molar-refractivity contribution in [3.8, 4) is 10.6 Å². The molecule has 5 heteroatoms. The van der Waals surface area contributed by atoms with E-state index in [2.05, 4.69) is 15.3 Å². The van der Waals surface area contributed by atoms with E-state index in [-0.39, 0.29) is 0 Å². The number of nitrogens with zero attached hydrogens (tertiary/aromatic N) is 2. The quantitative estimate of drug-likeness (QED) is 0.910. The number of nitrogens with one attached hydrogen (secondary N) is 1. The summed E-state index contributed by atoms with van der Waals surface area (Å²) < 4.78 is 0. The van der Waals surface area contributed by atoms with E-state index in [1.807, 2.05) is 19.2 Å². The van der Waals surface area contributed by atoms with Gasteiger partial charge in [0.05, 0.1) is 0 Å². The van der Waals surface area contributed by atoms with E-state index in [4.69, 9.17) is 11.6 Å². The highest BCUT2D eigenvalue weighted by molar-refractivity contribution is 7.15. The maximum absolute atomic E-state index is 6.08. The van der Waals surface area contributed by atoms with Gasteiger partial charge < -0.3 is 5.32 Å². The molecule has 0 fully saturated rings. The summed E-state index contributed by atoms with van der Waals surface area (Å²) in [7, 11) is 1.93. The summed E-state index contributed by atoms with van der Waals surface area (Å²) in [4.78, 5) is 9.54. The van der Waals surface area contributed by atoms with Gasteiger partial charge in [0.2, 0.25) is 0 Å². The van der Waals surface area contributed by atoms with Gasteiger partial charge in [0.1, 0.15) is 10.2 Å². The smallest absolute Gasteiger partial charge is 0.143 e. The molecule has 0 aliphatic rings. The lowest BCUT2D eigenvalue weighted by Crippen LogP contribution is -2.09. The van der Waals surface area contributed by atoms with Crippen molar-refractivity contribution in [2.75, 3.05) is 13.6 Å². The van der Waals surface area contributed by atoms with E-state index < -0.39 is 0 Å². The molecule has 0 unspecified atom stereocenters. The standard InChI is InChI=1S/C11H12ClN3S/c1-13-6-4-9-10(12)15-11(16-9)8-3-2-5-14-7-8/h2-3,5,7,13H,4,6H2,1H3. The lowest BCUT2D eigenvalue weighted by atomic mass is 10.3. The molecule has 0 saturated heterocycles. The van der Waals surface area contributed by atoms with Crippen LogP contribution in [0.3, 0.4) is 0 Å². The highest BCUT2D eigenvalue weighted by Gasteiger charge is 2.10. The van der Waals surface area contributed by atoms with Gasteiger partial charge in [0, 0.05) is 22.8 Å². The van der Waals surface area contributed by atoms with Gasteiger partial charge in [-0.3, -0.25) is 4.98 Å². The van der Waals surface area contributed by atoms with Crippen molar-refractivity contribution >= 4 is 22.9 Å². The number of halogens is 1. The van der Waals surface area contributed by atoms with Crippen molar-refractivity contribution in [2.45, 2.75) is 6.42 Å². The first-order valence-electron chi connectivity index (χ1n) is 5.01. The Labute approximate surface area is 104 Å². The lowest BCUT2D eigenvalue weighted by molar-refractivity contribution is 0.798. The molecule has 0 spiro atoms. The summed E-state index contributed by atoms with van der Waals surface area (Å²) in [5, 5.41) is 4.65. The Hall–Kier alpha value is -0.970. The molecule has 0 amide bonds. The molecule has 0 aliphatic carbocycles. The van der Waals surface area contributed by atoms with E-state index in [0.717, 1.165) is 28.4 Å². The lowest BCUT2D eigenvalue weighted by Gasteiger charge is -1.95. The SMILES string of the molecule is CNCCc1sc(-c2cccnc2)nc1Cl. The number of rotatable bonds is 4.